The van der Waals surface area contributed by atoms with Crippen LogP contribution in [0.1, 0.15) is 44.9 Å². The molecule has 0 spiro atoms. The van der Waals surface area contributed by atoms with Crippen LogP contribution in [0.3, 0.4) is 0 Å². The standard InChI is InChI=1S/C22H26N4O3S/c1-13-4-6-25(7-5-13)17(27)10-26-12-23-18-15-8-14-11-29-22(2,3)9-16(14)24-20(15)30-19(18)21(26)28/h8,12-13H,4-7,9-11H2,1-3H3. The van der Waals surface area contributed by atoms with Crippen LogP contribution in [0.5, 0.6) is 0 Å². The first-order chi connectivity index (χ1) is 14.3. The van der Waals surface area contributed by atoms with Crippen LogP contribution in [0.25, 0.3) is 20.4 Å². The van der Waals surface area contributed by atoms with E-state index in [1.807, 2.05) is 4.90 Å². The molecule has 5 rings (SSSR count). The number of rotatable bonds is 2. The number of pyridine rings is 1. The molecule has 3 aromatic rings. The molecule has 1 saturated heterocycles. The Kier molecular flexibility index (Phi) is 4.67. The summed E-state index contributed by atoms with van der Waals surface area (Å²) in [7, 11) is 0. The number of hydrogen-bond donors (Lipinski definition) is 0. The number of carbonyl (C=O) groups is 1. The van der Waals surface area contributed by atoms with Crippen LogP contribution in [0.2, 0.25) is 0 Å². The molecule has 0 radical (unpaired) electrons. The van der Waals surface area contributed by atoms with Gasteiger partial charge in [0.2, 0.25) is 5.91 Å². The van der Waals surface area contributed by atoms with Gasteiger partial charge in [0.25, 0.3) is 5.56 Å². The van der Waals surface area contributed by atoms with Crippen LogP contribution in [0.4, 0.5) is 0 Å². The van der Waals surface area contributed by atoms with E-state index >= 15 is 0 Å². The first-order valence-electron chi connectivity index (χ1n) is 10.5. The van der Waals surface area contributed by atoms with E-state index in [0.717, 1.165) is 53.8 Å². The van der Waals surface area contributed by atoms with E-state index in [4.69, 9.17) is 9.72 Å². The molecule has 3 aromatic heterocycles. The van der Waals surface area contributed by atoms with Gasteiger partial charge >= 0.3 is 0 Å². The fourth-order valence-corrected chi connectivity index (χ4v) is 5.37. The van der Waals surface area contributed by atoms with Gasteiger partial charge in [-0.15, -0.1) is 11.3 Å². The molecule has 30 heavy (non-hydrogen) atoms. The summed E-state index contributed by atoms with van der Waals surface area (Å²) in [4.78, 5) is 37.8. The summed E-state index contributed by atoms with van der Waals surface area (Å²) in [6, 6.07) is 2.06. The highest BCUT2D eigenvalue weighted by atomic mass is 32.1. The molecule has 8 heteroatoms. The number of hydrogen-bond acceptors (Lipinski definition) is 6. The van der Waals surface area contributed by atoms with E-state index in [0.29, 0.717) is 22.7 Å². The third kappa shape index (κ3) is 3.41. The van der Waals surface area contributed by atoms with Gasteiger partial charge < -0.3 is 9.64 Å². The minimum atomic E-state index is -0.234. The minimum absolute atomic E-state index is 0.0146. The third-order valence-electron chi connectivity index (χ3n) is 6.26. The van der Waals surface area contributed by atoms with E-state index in [9.17, 15) is 9.59 Å². The van der Waals surface area contributed by atoms with E-state index in [1.165, 1.54) is 22.2 Å². The van der Waals surface area contributed by atoms with E-state index in [-0.39, 0.29) is 23.6 Å². The minimum Gasteiger partial charge on any atom is -0.370 e. The number of amides is 1. The molecule has 0 N–H and O–H groups in total. The summed E-state index contributed by atoms with van der Waals surface area (Å²) in [5.41, 5.74) is 2.34. The molecule has 1 fully saturated rings. The molecule has 0 bridgehead atoms. The second-order valence-corrected chi connectivity index (χ2v) is 10.2. The number of likely N-dealkylation sites (tertiary alicyclic amines) is 1. The highest BCUT2D eigenvalue weighted by Gasteiger charge is 2.28. The zero-order valence-electron chi connectivity index (χ0n) is 17.6. The van der Waals surface area contributed by atoms with Gasteiger partial charge in [-0.25, -0.2) is 9.97 Å². The molecule has 7 nitrogen and oxygen atoms in total. The average molecular weight is 427 g/mol. The van der Waals surface area contributed by atoms with Crippen molar-refractivity contribution in [2.75, 3.05) is 13.1 Å². The number of nitrogens with zero attached hydrogens (tertiary/aromatic N) is 4. The first-order valence-corrected chi connectivity index (χ1v) is 11.3. The number of aromatic nitrogens is 3. The first kappa shape index (κ1) is 19.6. The summed E-state index contributed by atoms with van der Waals surface area (Å²) in [6.07, 6.45) is 4.28. The van der Waals surface area contributed by atoms with Gasteiger partial charge in [-0.3, -0.25) is 14.2 Å². The number of fused-ring (bicyclic) bond motifs is 4. The summed E-state index contributed by atoms with van der Waals surface area (Å²) in [5.74, 6) is 0.641. The topological polar surface area (TPSA) is 77.3 Å². The van der Waals surface area contributed by atoms with Gasteiger partial charge in [0.05, 0.1) is 29.7 Å². The summed E-state index contributed by atoms with van der Waals surface area (Å²) in [5, 5.41) is 0.887. The van der Waals surface area contributed by atoms with Gasteiger partial charge in [-0.05, 0) is 38.7 Å². The molecule has 2 aliphatic rings. The molecule has 0 aromatic carbocycles. The van der Waals surface area contributed by atoms with Gasteiger partial charge in [-0.1, -0.05) is 6.92 Å². The predicted molar refractivity (Wildman–Crippen MR) is 117 cm³/mol. The third-order valence-corrected chi connectivity index (χ3v) is 7.34. The summed E-state index contributed by atoms with van der Waals surface area (Å²) < 4.78 is 7.91. The number of piperidine rings is 1. The van der Waals surface area contributed by atoms with Gasteiger partial charge in [0.1, 0.15) is 16.1 Å². The monoisotopic (exact) mass is 426 g/mol. The van der Waals surface area contributed by atoms with Gasteiger partial charge in [-0.2, -0.15) is 0 Å². The lowest BCUT2D eigenvalue weighted by molar-refractivity contribution is -0.133. The normalized spacial score (nSPS) is 19.4. The molecule has 2 aliphatic heterocycles. The van der Waals surface area contributed by atoms with Gasteiger partial charge in [0.15, 0.2) is 0 Å². The molecule has 1 amide bonds. The SMILES string of the molecule is CC1CCN(C(=O)Cn2cnc3c(sc4nc5c(cc43)COC(C)(C)C5)c2=O)CC1. The van der Waals surface area contributed by atoms with Crippen molar-refractivity contribution in [3.05, 3.63) is 34.0 Å². The molecular weight excluding hydrogens is 400 g/mol. The van der Waals surface area contributed by atoms with Crippen molar-refractivity contribution in [2.45, 2.75) is 58.8 Å². The zero-order chi connectivity index (χ0) is 21.0. The van der Waals surface area contributed by atoms with E-state index < -0.39 is 0 Å². The molecule has 0 aliphatic carbocycles. The molecule has 0 saturated carbocycles. The lowest BCUT2D eigenvalue weighted by atomic mass is 9.95. The molecule has 0 unspecified atom stereocenters. The Morgan fingerprint density at radius 1 is 1.33 bits per heavy atom. The number of ether oxygens (including phenoxy) is 1. The van der Waals surface area contributed by atoms with Crippen molar-refractivity contribution in [1.29, 1.82) is 0 Å². The van der Waals surface area contributed by atoms with Crippen LogP contribution in [0.15, 0.2) is 17.2 Å². The zero-order valence-corrected chi connectivity index (χ0v) is 18.4. The van der Waals surface area contributed by atoms with Crippen LogP contribution in [-0.2, 0) is 29.1 Å². The van der Waals surface area contributed by atoms with Crippen molar-refractivity contribution in [2.24, 2.45) is 5.92 Å². The average Bonchev–Trinajstić information content (AvgIpc) is 3.06. The molecule has 158 valence electrons. The van der Waals surface area contributed by atoms with Crippen LogP contribution < -0.4 is 5.56 Å². The Hall–Kier alpha value is -2.32. The Labute approximate surface area is 178 Å². The van der Waals surface area contributed by atoms with Crippen molar-refractivity contribution in [1.82, 2.24) is 19.4 Å². The number of carbonyl (C=O) groups excluding carboxylic acids is 1. The highest BCUT2D eigenvalue weighted by Crippen LogP contribution is 2.34. The van der Waals surface area contributed by atoms with Gasteiger partial charge in [0, 0.05) is 30.5 Å². The maximum atomic E-state index is 13.1. The van der Waals surface area contributed by atoms with Crippen molar-refractivity contribution >= 4 is 37.7 Å². The smallest absolute Gasteiger partial charge is 0.271 e. The second kappa shape index (κ2) is 7.13. The maximum absolute atomic E-state index is 13.1. The Morgan fingerprint density at radius 3 is 2.87 bits per heavy atom. The molecular formula is C22H26N4O3S. The fraction of sp³-hybridized carbons (Fsp3) is 0.545. The van der Waals surface area contributed by atoms with Crippen LogP contribution >= 0.6 is 11.3 Å². The largest absolute Gasteiger partial charge is 0.370 e. The van der Waals surface area contributed by atoms with E-state index in [2.05, 4.69) is 31.8 Å². The quantitative estimate of drug-likeness (QED) is 0.629. The predicted octanol–water partition coefficient (Wildman–Crippen LogP) is 3.12. The number of thiophene rings is 1. The second-order valence-electron chi connectivity index (χ2n) is 9.19. The lowest BCUT2D eigenvalue weighted by Crippen LogP contribution is -2.41. The van der Waals surface area contributed by atoms with Crippen LogP contribution in [0, 0.1) is 5.92 Å². The highest BCUT2D eigenvalue weighted by molar-refractivity contribution is 7.25. The fourth-order valence-electron chi connectivity index (χ4n) is 4.29. The maximum Gasteiger partial charge on any atom is 0.271 e. The lowest BCUT2D eigenvalue weighted by Gasteiger charge is -2.30. The molecule has 5 heterocycles. The van der Waals surface area contributed by atoms with Crippen molar-refractivity contribution in [3.8, 4) is 0 Å². The summed E-state index contributed by atoms with van der Waals surface area (Å²) in [6.45, 7) is 8.42. The Morgan fingerprint density at radius 2 is 2.10 bits per heavy atom. The van der Waals surface area contributed by atoms with Crippen molar-refractivity contribution < 1.29 is 9.53 Å². The molecule has 0 atom stereocenters. The summed E-state index contributed by atoms with van der Waals surface area (Å²) >= 11 is 1.37. The van der Waals surface area contributed by atoms with E-state index in [1.54, 1.807) is 0 Å². The van der Waals surface area contributed by atoms with Crippen molar-refractivity contribution in [3.63, 3.8) is 0 Å². The Balaban J connectivity index is 1.49. The van der Waals surface area contributed by atoms with Crippen LogP contribution in [-0.4, -0.2) is 44.0 Å². The Bertz CT molecular complexity index is 1200.